The second-order valence-electron chi connectivity index (χ2n) is 4.25. The number of rotatable bonds is 6. The van der Waals surface area contributed by atoms with E-state index in [9.17, 15) is 21.6 Å². The Morgan fingerprint density at radius 3 is 2.45 bits per heavy atom. The van der Waals surface area contributed by atoms with Crippen LogP contribution in [0.2, 0.25) is 0 Å². The van der Waals surface area contributed by atoms with Crippen LogP contribution in [0.15, 0.2) is 10.3 Å². The number of nitrogens with zero attached hydrogens (tertiary/aromatic N) is 1. The summed E-state index contributed by atoms with van der Waals surface area (Å²) >= 11 is 1.22. The first-order chi connectivity index (χ1) is 9.13. The molecule has 0 bridgehead atoms. The van der Waals surface area contributed by atoms with Crippen LogP contribution in [-0.2, 0) is 16.6 Å². The van der Waals surface area contributed by atoms with Crippen LogP contribution < -0.4 is 5.32 Å². The summed E-state index contributed by atoms with van der Waals surface area (Å²) in [6, 6.07) is 0. The van der Waals surface area contributed by atoms with Crippen LogP contribution in [0.5, 0.6) is 0 Å². The van der Waals surface area contributed by atoms with Gasteiger partial charge < -0.3 is 5.32 Å². The van der Waals surface area contributed by atoms with Gasteiger partial charge in [-0.25, -0.2) is 8.42 Å². The molecule has 0 saturated carbocycles. The van der Waals surface area contributed by atoms with Gasteiger partial charge in [0.2, 0.25) is 10.0 Å². The molecule has 0 atom stereocenters. The van der Waals surface area contributed by atoms with E-state index in [1.807, 2.05) is 0 Å². The number of hydrogen-bond acceptors (Lipinski definition) is 4. The number of alkyl halides is 3. The van der Waals surface area contributed by atoms with Crippen molar-refractivity contribution in [1.29, 1.82) is 0 Å². The summed E-state index contributed by atoms with van der Waals surface area (Å²) in [5.74, 6) is 0. The predicted octanol–water partition coefficient (Wildman–Crippen LogP) is 2.35. The molecule has 0 fully saturated rings. The van der Waals surface area contributed by atoms with E-state index in [1.165, 1.54) is 18.3 Å². The minimum atomic E-state index is -4.56. The first-order valence-electron chi connectivity index (χ1n) is 5.92. The zero-order valence-corrected chi connectivity index (χ0v) is 13.0. The van der Waals surface area contributed by atoms with E-state index in [0.29, 0.717) is 21.3 Å². The van der Waals surface area contributed by atoms with Crippen LogP contribution >= 0.6 is 11.3 Å². The van der Waals surface area contributed by atoms with Crippen LogP contribution in [0.25, 0.3) is 0 Å². The van der Waals surface area contributed by atoms with E-state index in [0.717, 1.165) is 0 Å². The SMILES string of the molecule is CCN(CC(F)(F)F)S(=O)(=O)c1c(C)csc1CNC. The van der Waals surface area contributed by atoms with Crippen LogP contribution in [-0.4, -0.2) is 39.0 Å². The summed E-state index contributed by atoms with van der Waals surface area (Å²) in [5.41, 5.74) is 0.473. The number of halogens is 3. The van der Waals surface area contributed by atoms with E-state index in [1.54, 1.807) is 19.4 Å². The number of nitrogens with one attached hydrogen (secondary N) is 1. The Balaban J connectivity index is 3.24. The molecule has 20 heavy (non-hydrogen) atoms. The smallest absolute Gasteiger partial charge is 0.315 e. The monoisotopic (exact) mass is 330 g/mol. The highest BCUT2D eigenvalue weighted by Crippen LogP contribution is 2.31. The van der Waals surface area contributed by atoms with Gasteiger partial charge in [-0.05, 0) is 24.9 Å². The van der Waals surface area contributed by atoms with Crippen molar-refractivity contribution in [2.24, 2.45) is 0 Å². The lowest BCUT2D eigenvalue weighted by Gasteiger charge is -2.22. The maximum atomic E-state index is 12.5. The van der Waals surface area contributed by atoms with E-state index in [4.69, 9.17) is 0 Å². The Hall–Kier alpha value is -0.640. The highest BCUT2D eigenvalue weighted by atomic mass is 32.2. The van der Waals surface area contributed by atoms with Gasteiger partial charge in [-0.15, -0.1) is 11.3 Å². The van der Waals surface area contributed by atoms with Crippen molar-refractivity contribution in [2.75, 3.05) is 20.1 Å². The summed E-state index contributed by atoms with van der Waals surface area (Å²) in [7, 11) is -2.49. The highest BCUT2D eigenvalue weighted by Gasteiger charge is 2.37. The van der Waals surface area contributed by atoms with Crippen molar-refractivity contribution < 1.29 is 21.6 Å². The molecule has 1 aromatic heterocycles. The lowest BCUT2D eigenvalue weighted by atomic mass is 10.3. The van der Waals surface area contributed by atoms with Gasteiger partial charge >= 0.3 is 6.18 Å². The zero-order chi connectivity index (χ0) is 15.6. The maximum Gasteiger partial charge on any atom is 0.402 e. The van der Waals surface area contributed by atoms with E-state index < -0.39 is 22.7 Å². The van der Waals surface area contributed by atoms with E-state index in [2.05, 4.69) is 5.32 Å². The minimum absolute atomic E-state index is 0.0112. The van der Waals surface area contributed by atoms with Gasteiger partial charge in [0, 0.05) is 18.0 Å². The number of hydrogen-bond donors (Lipinski definition) is 1. The van der Waals surface area contributed by atoms with E-state index >= 15 is 0 Å². The van der Waals surface area contributed by atoms with Gasteiger partial charge in [0.05, 0.1) is 0 Å². The average Bonchev–Trinajstić information content (AvgIpc) is 2.67. The Bertz CT molecular complexity index is 553. The third kappa shape index (κ3) is 3.94. The fourth-order valence-corrected chi connectivity index (χ4v) is 5.02. The van der Waals surface area contributed by atoms with Crippen LogP contribution in [0, 0.1) is 6.92 Å². The van der Waals surface area contributed by atoms with Gasteiger partial charge in [-0.2, -0.15) is 17.5 Å². The largest absolute Gasteiger partial charge is 0.402 e. The molecule has 116 valence electrons. The fourth-order valence-electron chi connectivity index (χ4n) is 1.81. The normalized spacial score (nSPS) is 13.2. The topological polar surface area (TPSA) is 49.4 Å². The van der Waals surface area contributed by atoms with Gasteiger partial charge in [-0.3, -0.25) is 0 Å². The minimum Gasteiger partial charge on any atom is -0.315 e. The van der Waals surface area contributed by atoms with Gasteiger partial charge in [-0.1, -0.05) is 6.92 Å². The Kier molecular flexibility index (Phi) is 5.59. The van der Waals surface area contributed by atoms with Crippen LogP contribution in [0.1, 0.15) is 17.4 Å². The molecule has 4 nitrogen and oxygen atoms in total. The molecule has 0 spiro atoms. The highest BCUT2D eigenvalue weighted by molar-refractivity contribution is 7.89. The fraction of sp³-hybridized carbons (Fsp3) is 0.636. The number of thiophene rings is 1. The maximum absolute atomic E-state index is 12.5. The van der Waals surface area contributed by atoms with Crippen molar-refractivity contribution in [2.45, 2.75) is 31.5 Å². The Morgan fingerprint density at radius 2 is 2.00 bits per heavy atom. The second-order valence-corrected chi connectivity index (χ2v) is 7.09. The molecule has 1 heterocycles. The Labute approximate surface area is 120 Å². The van der Waals surface area contributed by atoms with Crippen molar-refractivity contribution >= 4 is 21.4 Å². The lowest BCUT2D eigenvalue weighted by molar-refractivity contribution is -0.135. The molecule has 0 amide bonds. The lowest BCUT2D eigenvalue weighted by Crippen LogP contribution is -2.39. The molecule has 1 aromatic rings. The molecule has 0 radical (unpaired) electrons. The summed E-state index contributed by atoms with van der Waals surface area (Å²) in [4.78, 5) is 0.508. The van der Waals surface area contributed by atoms with Crippen molar-refractivity contribution in [3.05, 3.63) is 15.8 Å². The first kappa shape index (κ1) is 17.4. The molecule has 0 aliphatic rings. The summed E-state index contributed by atoms with van der Waals surface area (Å²) in [6.45, 7) is 1.58. The molecule has 0 unspecified atom stereocenters. The second kappa shape index (κ2) is 6.42. The third-order valence-electron chi connectivity index (χ3n) is 2.63. The van der Waals surface area contributed by atoms with Gasteiger partial charge in [0.15, 0.2) is 0 Å². The summed E-state index contributed by atoms with van der Waals surface area (Å²) < 4.78 is 62.8. The van der Waals surface area contributed by atoms with Crippen molar-refractivity contribution in [3.8, 4) is 0 Å². The molecular weight excluding hydrogens is 313 g/mol. The molecule has 1 N–H and O–H groups in total. The van der Waals surface area contributed by atoms with Crippen molar-refractivity contribution in [1.82, 2.24) is 9.62 Å². The Morgan fingerprint density at radius 1 is 1.40 bits per heavy atom. The number of sulfonamides is 1. The standard InChI is InChI=1S/C11H17F3N2O2S2/c1-4-16(7-11(12,13)14)20(17,18)10-8(2)6-19-9(10)5-15-3/h6,15H,4-5,7H2,1-3H3. The molecule has 0 saturated heterocycles. The molecule has 1 rings (SSSR count). The van der Waals surface area contributed by atoms with Crippen LogP contribution in [0.3, 0.4) is 0 Å². The van der Waals surface area contributed by atoms with E-state index in [-0.39, 0.29) is 11.4 Å². The summed E-state index contributed by atoms with van der Waals surface area (Å²) in [6.07, 6.45) is -4.56. The van der Waals surface area contributed by atoms with Gasteiger partial charge in [0.1, 0.15) is 11.4 Å². The molecule has 9 heteroatoms. The molecule has 0 aliphatic carbocycles. The molecular formula is C11H17F3N2O2S2. The first-order valence-corrected chi connectivity index (χ1v) is 8.24. The third-order valence-corrected chi connectivity index (χ3v) is 6.02. The number of aryl methyl sites for hydroxylation is 1. The predicted molar refractivity (Wildman–Crippen MR) is 72.3 cm³/mol. The zero-order valence-electron chi connectivity index (χ0n) is 11.4. The molecule has 0 aromatic carbocycles. The van der Waals surface area contributed by atoms with Crippen molar-refractivity contribution in [3.63, 3.8) is 0 Å². The van der Waals surface area contributed by atoms with Crippen LogP contribution in [0.4, 0.5) is 13.2 Å². The van der Waals surface area contributed by atoms with Gasteiger partial charge in [0.25, 0.3) is 0 Å². The molecule has 0 aliphatic heterocycles. The average molecular weight is 330 g/mol. The summed E-state index contributed by atoms with van der Waals surface area (Å²) in [5, 5.41) is 4.46. The quantitative estimate of drug-likeness (QED) is 0.871.